The summed E-state index contributed by atoms with van der Waals surface area (Å²) in [6, 6.07) is 0.452. The Hall–Kier alpha value is -0.650. The van der Waals surface area contributed by atoms with E-state index in [4.69, 9.17) is 9.84 Å². The minimum atomic E-state index is 0.0873. The van der Waals surface area contributed by atoms with Gasteiger partial charge in [0, 0.05) is 19.1 Å². The van der Waals surface area contributed by atoms with Crippen molar-refractivity contribution in [1.82, 2.24) is 10.2 Å². The largest absolute Gasteiger partial charge is 0.394 e. The number of amides is 1. The van der Waals surface area contributed by atoms with Gasteiger partial charge in [0.15, 0.2) is 0 Å². The zero-order valence-electron chi connectivity index (χ0n) is 10.2. The van der Waals surface area contributed by atoms with Gasteiger partial charge in [0.1, 0.15) is 0 Å². The van der Waals surface area contributed by atoms with E-state index in [-0.39, 0.29) is 18.6 Å². The third-order valence-electron chi connectivity index (χ3n) is 3.29. The summed E-state index contributed by atoms with van der Waals surface area (Å²) in [6.07, 6.45) is 4.45. The second-order valence-corrected chi connectivity index (χ2v) is 4.91. The van der Waals surface area contributed by atoms with Crippen molar-refractivity contribution in [2.75, 3.05) is 32.8 Å². The fraction of sp³-hybridized carbons (Fsp3) is 0.917. The normalized spacial score (nSPS) is 22.6. The molecule has 1 saturated carbocycles. The van der Waals surface area contributed by atoms with Gasteiger partial charge in [-0.25, -0.2) is 0 Å². The molecule has 0 atom stereocenters. The van der Waals surface area contributed by atoms with Crippen LogP contribution in [0.1, 0.15) is 25.7 Å². The smallest absolute Gasteiger partial charge is 0.234 e. The number of hydrogen-bond acceptors (Lipinski definition) is 4. The van der Waals surface area contributed by atoms with E-state index < -0.39 is 0 Å². The Morgan fingerprint density at radius 3 is 2.59 bits per heavy atom. The van der Waals surface area contributed by atoms with E-state index in [1.165, 1.54) is 0 Å². The average molecular weight is 242 g/mol. The lowest BCUT2D eigenvalue weighted by atomic mass is 10.1. The van der Waals surface area contributed by atoms with E-state index in [2.05, 4.69) is 10.2 Å². The molecule has 0 aromatic rings. The lowest BCUT2D eigenvalue weighted by Gasteiger charge is -2.31. The summed E-state index contributed by atoms with van der Waals surface area (Å²) >= 11 is 0. The van der Waals surface area contributed by atoms with Crippen molar-refractivity contribution in [3.8, 4) is 0 Å². The molecule has 98 valence electrons. The molecule has 0 bridgehead atoms. The van der Waals surface area contributed by atoms with Gasteiger partial charge in [-0.2, -0.15) is 0 Å². The number of aliphatic hydroxyl groups is 1. The molecule has 5 heteroatoms. The number of hydrogen-bond donors (Lipinski definition) is 2. The number of aliphatic hydroxyl groups excluding tert-OH is 1. The Morgan fingerprint density at radius 1 is 1.29 bits per heavy atom. The minimum Gasteiger partial charge on any atom is -0.394 e. The Morgan fingerprint density at radius 2 is 2.00 bits per heavy atom. The molecular formula is C12H22N2O3. The van der Waals surface area contributed by atoms with E-state index in [9.17, 15) is 4.79 Å². The van der Waals surface area contributed by atoms with Crippen LogP contribution in [0.4, 0.5) is 0 Å². The van der Waals surface area contributed by atoms with Gasteiger partial charge in [-0.15, -0.1) is 0 Å². The Bertz CT molecular complexity index is 248. The van der Waals surface area contributed by atoms with Gasteiger partial charge in [0.05, 0.1) is 25.9 Å². The maximum Gasteiger partial charge on any atom is 0.234 e. The molecule has 2 fully saturated rings. The standard InChI is InChI=1S/C12H22N2O3/c15-7-8-17-11-3-5-14(6-4-11)9-12(16)13-10-1-2-10/h10-11,15H,1-9H2,(H,13,16). The van der Waals surface area contributed by atoms with Gasteiger partial charge in [-0.05, 0) is 25.7 Å². The molecule has 0 aromatic heterocycles. The van der Waals surface area contributed by atoms with Crippen molar-refractivity contribution in [3.05, 3.63) is 0 Å². The summed E-state index contributed by atoms with van der Waals surface area (Å²) in [5.74, 6) is 0.155. The molecule has 0 spiro atoms. The second kappa shape index (κ2) is 6.33. The maximum atomic E-state index is 11.6. The third kappa shape index (κ3) is 4.61. The summed E-state index contributed by atoms with van der Waals surface area (Å²) in [7, 11) is 0. The Balaban J connectivity index is 1.59. The lowest BCUT2D eigenvalue weighted by Crippen LogP contribution is -2.43. The fourth-order valence-electron chi connectivity index (χ4n) is 2.16. The number of rotatable bonds is 6. The lowest BCUT2D eigenvalue weighted by molar-refractivity contribution is -0.123. The number of ether oxygens (including phenoxy) is 1. The molecule has 5 nitrogen and oxygen atoms in total. The van der Waals surface area contributed by atoms with Crippen LogP contribution in [0.5, 0.6) is 0 Å². The first-order chi connectivity index (χ1) is 8.28. The molecule has 2 rings (SSSR count). The first-order valence-electron chi connectivity index (χ1n) is 6.52. The molecule has 2 aliphatic rings. The Labute approximate surface area is 102 Å². The van der Waals surface area contributed by atoms with Crippen LogP contribution in [0.2, 0.25) is 0 Å². The topological polar surface area (TPSA) is 61.8 Å². The molecule has 17 heavy (non-hydrogen) atoms. The van der Waals surface area contributed by atoms with Crippen molar-refractivity contribution in [3.63, 3.8) is 0 Å². The predicted molar refractivity (Wildman–Crippen MR) is 63.7 cm³/mol. The second-order valence-electron chi connectivity index (χ2n) is 4.91. The van der Waals surface area contributed by atoms with Crippen LogP contribution in [-0.2, 0) is 9.53 Å². The molecule has 1 aliphatic carbocycles. The van der Waals surface area contributed by atoms with Crippen LogP contribution in [0.15, 0.2) is 0 Å². The number of nitrogens with one attached hydrogen (secondary N) is 1. The highest BCUT2D eigenvalue weighted by molar-refractivity contribution is 5.78. The fourth-order valence-corrected chi connectivity index (χ4v) is 2.16. The molecule has 1 heterocycles. The summed E-state index contributed by atoms with van der Waals surface area (Å²) in [4.78, 5) is 13.8. The van der Waals surface area contributed by atoms with Gasteiger partial charge < -0.3 is 15.2 Å². The molecule has 1 amide bonds. The highest BCUT2D eigenvalue weighted by atomic mass is 16.5. The van der Waals surface area contributed by atoms with Crippen molar-refractivity contribution in [2.24, 2.45) is 0 Å². The number of piperidine rings is 1. The summed E-state index contributed by atoms with van der Waals surface area (Å²) in [5, 5.41) is 11.7. The van der Waals surface area contributed by atoms with Crippen LogP contribution in [-0.4, -0.2) is 60.9 Å². The zero-order chi connectivity index (χ0) is 12.1. The third-order valence-corrected chi connectivity index (χ3v) is 3.29. The first-order valence-corrected chi connectivity index (χ1v) is 6.52. The number of carbonyl (C=O) groups excluding carboxylic acids is 1. The highest BCUT2D eigenvalue weighted by Crippen LogP contribution is 2.18. The molecule has 0 radical (unpaired) electrons. The van der Waals surface area contributed by atoms with Crippen LogP contribution in [0, 0.1) is 0 Å². The van der Waals surface area contributed by atoms with Crippen LogP contribution in [0.3, 0.4) is 0 Å². The molecule has 1 aliphatic heterocycles. The first kappa shape index (κ1) is 12.8. The molecule has 0 aromatic carbocycles. The van der Waals surface area contributed by atoms with E-state index in [0.29, 0.717) is 19.2 Å². The van der Waals surface area contributed by atoms with E-state index in [1.54, 1.807) is 0 Å². The number of nitrogens with zero attached hydrogens (tertiary/aromatic N) is 1. The molecule has 0 unspecified atom stereocenters. The monoisotopic (exact) mass is 242 g/mol. The van der Waals surface area contributed by atoms with Gasteiger partial charge in [-0.1, -0.05) is 0 Å². The molecular weight excluding hydrogens is 220 g/mol. The highest BCUT2D eigenvalue weighted by Gasteiger charge is 2.25. The SMILES string of the molecule is O=C(CN1CCC(OCCO)CC1)NC1CC1. The van der Waals surface area contributed by atoms with E-state index in [0.717, 1.165) is 38.8 Å². The van der Waals surface area contributed by atoms with Gasteiger partial charge in [0.2, 0.25) is 5.91 Å². The van der Waals surface area contributed by atoms with Gasteiger partial charge in [-0.3, -0.25) is 9.69 Å². The maximum absolute atomic E-state index is 11.6. The van der Waals surface area contributed by atoms with Crippen LogP contribution >= 0.6 is 0 Å². The van der Waals surface area contributed by atoms with Gasteiger partial charge >= 0.3 is 0 Å². The summed E-state index contributed by atoms with van der Waals surface area (Å²) < 4.78 is 5.48. The van der Waals surface area contributed by atoms with Crippen molar-refractivity contribution < 1.29 is 14.6 Å². The average Bonchev–Trinajstić information content (AvgIpc) is 3.12. The van der Waals surface area contributed by atoms with E-state index in [1.807, 2.05) is 0 Å². The van der Waals surface area contributed by atoms with Crippen LogP contribution in [0.25, 0.3) is 0 Å². The summed E-state index contributed by atoms with van der Waals surface area (Å²) in [5.41, 5.74) is 0. The van der Waals surface area contributed by atoms with Crippen molar-refractivity contribution >= 4 is 5.91 Å². The summed E-state index contributed by atoms with van der Waals surface area (Å²) in [6.45, 7) is 2.85. The van der Waals surface area contributed by atoms with Crippen molar-refractivity contribution in [2.45, 2.75) is 37.8 Å². The molecule has 2 N–H and O–H groups in total. The zero-order valence-corrected chi connectivity index (χ0v) is 10.2. The Kier molecular flexibility index (Phi) is 4.76. The van der Waals surface area contributed by atoms with Crippen LogP contribution < -0.4 is 5.32 Å². The van der Waals surface area contributed by atoms with Gasteiger partial charge in [0.25, 0.3) is 0 Å². The predicted octanol–water partition coefficient (Wildman–Crippen LogP) is -0.262. The number of carbonyl (C=O) groups is 1. The minimum absolute atomic E-state index is 0.0873. The van der Waals surface area contributed by atoms with E-state index >= 15 is 0 Å². The number of likely N-dealkylation sites (tertiary alicyclic amines) is 1. The quantitative estimate of drug-likeness (QED) is 0.673. The molecule has 1 saturated heterocycles. The van der Waals surface area contributed by atoms with Crippen molar-refractivity contribution in [1.29, 1.82) is 0 Å².